The predicted molar refractivity (Wildman–Crippen MR) is 89.6 cm³/mol. The van der Waals surface area contributed by atoms with Crippen molar-refractivity contribution in [2.24, 2.45) is 0 Å². The molecule has 3 nitrogen and oxygen atoms in total. The summed E-state index contributed by atoms with van der Waals surface area (Å²) in [5, 5.41) is 3.40. The van der Waals surface area contributed by atoms with E-state index < -0.39 is 0 Å². The molecule has 21 heavy (non-hydrogen) atoms. The van der Waals surface area contributed by atoms with Crippen LogP contribution in [0, 0.1) is 0 Å². The van der Waals surface area contributed by atoms with Gasteiger partial charge in [-0.1, -0.05) is 51.1 Å². The van der Waals surface area contributed by atoms with Crippen LogP contribution >= 0.6 is 0 Å². The molecule has 1 N–H and O–H groups in total. The molecular weight excluding hydrogens is 258 g/mol. The van der Waals surface area contributed by atoms with E-state index in [1.54, 1.807) is 0 Å². The number of benzene rings is 1. The van der Waals surface area contributed by atoms with Gasteiger partial charge in [-0.2, -0.15) is 0 Å². The van der Waals surface area contributed by atoms with Gasteiger partial charge in [-0.05, 0) is 19.3 Å². The van der Waals surface area contributed by atoms with Crippen LogP contribution in [0.15, 0.2) is 36.4 Å². The van der Waals surface area contributed by atoms with Gasteiger partial charge in [0.25, 0.3) is 0 Å². The molecule has 2 aromatic rings. The van der Waals surface area contributed by atoms with Gasteiger partial charge in [-0.3, -0.25) is 0 Å². The highest BCUT2D eigenvalue weighted by atomic mass is 15.0. The van der Waals surface area contributed by atoms with Gasteiger partial charge in [0.2, 0.25) is 0 Å². The van der Waals surface area contributed by atoms with Crippen molar-refractivity contribution in [2.45, 2.75) is 46.0 Å². The summed E-state index contributed by atoms with van der Waals surface area (Å²) in [4.78, 5) is 9.52. The first-order valence-electron chi connectivity index (χ1n) is 7.96. The Labute approximate surface area is 127 Å². The quantitative estimate of drug-likeness (QED) is 0.787. The van der Waals surface area contributed by atoms with Gasteiger partial charge in [0.05, 0.1) is 5.69 Å². The lowest BCUT2D eigenvalue weighted by Gasteiger charge is -2.15. The first-order valence-corrected chi connectivity index (χ1v) is 7.96. The molecule has 1 aromatic heterocycles. The largest absolute Gasteiger partial charge is 0.370 e. The second-order valence-corrected chi connectivity index (χ2v) is 5.30. The van der Waals surface area contributed by atoms with E-state index in [-0.39, 0.29) is 0 Å². The van der Waals surface area contributed by atoms with Crippen LogP contribution in [0.2, 0.25) is 0 Å². The van der Waals surface area contributed by atoms with Crippen LogP contribution in [0.25, 0.3) is 11.3 Å². The summed E-state index contributed by atoms with van der Waals surface area (Å²) >= 11 is 0. The first kappa shape index (κ1) is 15.5. The van der Waals surface area contributed by atoms with Crippen LogP contribution in [0.1, 0.15) is 51.8 Å². The summed E-state index contributed by atoms with van der Waals surface area (Å²) in [6.07, 6.45) is 3.23. The standard InChI is InChI=1S/C18H25N3/c1-4-12-19-17-13-16(15-10-8-7-9-11-15)20-18(21-17)14(5-2)6-3/h7-11,13-14H,4-6,12H2,1-3H3,(H,19,20,21). The van der Waals surface area contributed by atoms with Gasteiger partial charge in [0.15, 0.2) is 0 Å². The second-order valence-electron chi connectivity index (χ2n) is 5.30. The van der Waals surface area contributed by atoms with Crippen LogP contribution in [0.3, 0.4) is 0 Å². The van der Waals surface area contributed by atoms with E-state index in [2.05, 4.69) is 44.3 Å². The lowest BCUT2D eigenvalue weighted by Crippen LogP contribution is -2.09. The topological polar surface area (TPSA) is 37.8 Å². The molecule has 0 aliphatic carbocycles. The smallest absolute Gasteiger partial charge is 0.134 e. The van der Waals surface area contributed by atoms with E-state index in [9.17, 15) is 0 Å². The minimum absolute atomic E-state index is 0.427. The Morgan fingerprint density at radius 2 is 1.71 bits per heavy atom. The predicted octanol–water partition coefficient (Wildman–Crippen LogP) is 4.87. The third-order valence-electron chi connectivity index (χ3n) is 3.72. The van der Waals surface area contributed by atoms with Gasteiger partial charge < -0.3 is 5.32 Å². The number of hydrogen-bond acceptors (Lipinski definition) is 3. The van der Waals surface area contributed by atoms with Gasteiger partial charge >= 0.3 is 0 Å². The van der Waals surface area contributed by atoms with Crippen LogP contribution in [-0.4, -0.2) is 16.5 Å². The van der Waals surface area contributed by atoms with Crippen molar-refractivity contribution in [3.63, 3.8) is 0 Å². The minimum Gasteiger partial charge on any atom is -0.370 e. The molecule has 0 spiro atoms. The molecule has 0 saturated carbocycles. The molecule has 1 heterocycles. The minimum atomic E-state index is 0.427. The Bertz CT molecular complexity index is 548. The van der Waals surface area contributed by atoms with Crippen molar-refractivity contribution in [1.82, 2.24) is 9.97 Å². The molecule has 0 aliphatic heterocycles. The number of nitrogens with zero attached hydrogens (tertiary/aromatic N) is 2. The molecule has 0 aliphatic rings. The molecule has 2 rings (SSSR count). The van der Waals surface area contributed by atoms with Crippen LogP contribution in [0.5, 0.6) is 0 Å². The average Bonchev–Trinajstić information content (AvgIpc) is 2.55. The number of hydrogen-bond donors (Lipinski definition) is 1. The maximum Gasteiger partial charge on any atom is 0.134 e. The fourth-order valence-electron chi connectivity index (χ4n) is 2.40. The van der Waals surface area contributed by atoms with E-state index in [0.717, 1.165) is 48.7 Å². The lowest BCUT2D eigenvalue weighted by atomic mass is 10.0. The Morgan fingerprint density at radius 3 is 2.33 bits per heavy atom. The Kier molecular flexibility index (Phi) is 5.73. The monoisotopic (exact) mass is 283 g/mol. The SMILES string of the molecule is CCCNc1cc(-c2ccccc2)nc(C(CC)CC)n1. The molecule has 0 atom stereocenters. The summed E-state index contributed by atoms with van der Waals surface area (Å²) < 4.78 is 0. The zero-order valence-electron chi connectivity index (χ0n) is 13.3. The fraction of sp³-hybridized carbons (Fsp3) is 0.444. The fourth-order valence-corrected chi connectivity index (χ4v) is 2.40. The summed E-state index contributed by atoms with van der Waals surface area (Å²) in [6.45, 7) is 7.50. The molecule has 3 heteroatoms. The zero-order valence-corrected chi connectivity index (χ0v) is 13.3. The second kappa shape index (κ2) is 7.77. The van der Waals surface area contributed by atoms with E-state index in [1.165, 1.54) is 0 Å². The number of anilines is 1. The molecule has 0 saturated heterocycles. The maximum atomic E-state index is 4.80. The highest BCUT2D eigenvalue weighted by Crippen LogP contribution is 2.25. The van der Waals surface area contributed by atoms with Gasteiger partial charge in [-0.15, -0.1) is 0 Å². The van der Waals surface area contributed by atoms with E-state index in [0.29, 0.717) is 5.92 Å². The Balaban J connectivity index is 2.41. The molecular formula is C18H25N3. The van der Waals surface area contributed by atoms with Gasteiger partial charge in [-0.25, -0.2) is 9.97 Å². The van der Waals surface area contributed by atoms with Crippen molar-refractivity contribution in [3.8, 4) is 11.3 Å². The Morgan fingerprint density at radius 1 is 1.00 bits per heavy atom. The third kappa shape index (κ3) is 4.03. The molecule has 0 unspecified atom stereocenters. The number of aromatic nitrogens is 2. The van der Waals surface area contributed by atoms with Crippen molar-refractivity contribution in [1.29, 1.82) is 0 Å². The molecule has 0 bridgehead atoms. The third-order valence-corrected chi connectivity index (χ3v) is 3.72. The van der Waals surface area contributed by atoms with E-state index in [1.807, 2.05) is 18.2 Å². The van der Waals surface area contributed by atoms with Crippen LogP contribution in [-0.2, 0) is 0 Å². The molecule has 1 aromatic carbocycles. The zero-order chi connectivity index (χ0) is 15.1. The molecule has 0 amide bonds. The van der Waals surface area contributed by atoms with Gasteiger partial charge in [0.1, 0.15) is 11.6 Å². The highest BCUT2D eigenvalue weighted by Gasteiger charge is 2.13. The summed E-state index contributed by atoms with van der Waals surface area (Å²) in [5.74, 6) is 2.32. The van der Waals surface area contributed by atoms with Crippen molar-refractivity contribution in [2.75, 3.05) is 11.9 Å². The normalized spacial score (nSPS) is 10.9. The van der Waals surface area contributed by atoms with E-state index >= 15 is 0 Å². The van der Waals surface area contributed by atoms with Crippen molar-refractivity contribution in [3.05, 3.63) is 42.2 Å². The highest BCUT2D eigenvalue weighted by molar-refractivity contribution is 5.62. The first-order chi connectivity index (χ1) is 10.3. The molecule has 112 valence electrons. The summed E-state index contributed by atoms with van der Waals surface area (Å²) in [6, 6.07) is 12.4. The lowest BCUT2D eigenvalue weighted by molar-refractivity contribution is 0.603. The van der Waals surface area contributed by atoms with Crippen LogP contribution in [0.4, 0.5) is 5.82 Å². The van der Waals surface area contributed by atoms with Gasteiger partial charge in [0, 0.05) is 24.1 Å². The van der Waals surface area contributed by atoms with Crippen molar-refractivity contribution < 1.29 is 0 Å². The average molecular weight is 283 g/mol. The summed E-state index contributed by atoms with van der Waals surface area (Å²) in [7, 11) is 0. The number of nitrogens with one attached hydrogen (secondary N) is 1. The molecule has 0 fully saturated rings. The van der Waals surface area contributed by atoms with Crippen molar-refractivity contribution >= 4 is 5.82 Å². The number of rotatable bonds is 7. The maximum absolute atomic E-state index is 4.80. The van der Waals surface area contributed by atoms with Crippen LogP contribution < -0.4 is 5.32 Å². The van der Waals surface area contributed by atoms with E-state index in [4.69, 9.17) is 9.97 Å². The summed E-state index contributed by atoms with van der Waals surface area (Å²) in [5.41, 5.74) is 2.15. The Hall–Kier alpha value is -1.90. The molecule has 0 radical (unpaired) electrons.